The van der Waals surface area contributed by atoms with Crippen LogP contribution in [-0.2, 0) is 16.6 Å². The van der Waals surface area contributed by atoms with Gasteiger partial charge in [0.2, 0.25) is 10.0 Å². The average molecular weight is 355 g/mol. The largest absolute Gasteiger partial charge is 0.351 e. The standard InChI is InChI=1S/C16H25N3O4S/c1-11-9-12(2)19(10-13-5-6-13)16(21)14(11)15(20)17-7-8-24(22,23)18(3)4/h9,13H,5-8,10H2,1-4H3,(H,17,20). The number of nitrogens with one attached hydrogen (secondary N) is 1. The first-order valence-electron chi connectivity index (χ1n) is 8.03. The lowest BCUT2D eigenvalue weighted by Crippen LogP contribution is -2.38. The zero-order valence-electron chi connectivity index (χ0n) is 14.6. The molecule has 24 heavy (non-hydrogen) atoms. The summed E-state index contributed by atoms with van der Waals surface area (Å²) in [6.45, 7) is 4.19. The Hall–Kier alpha value is -1.67. The molecule has 1 saturated carbocycles. The van der Waals surface area contributed by atoms with Crippen molar-refractivity contribution < 1.29 is 13.2 Å². The van der Waals surface area contributed by atoms with Crippen LogP contribution >= 0.6 is 0 Å². The maximum absolute atomic E-state index is 12.7. The quantitative estimate of drug-likeness (QED) is 0.771. The highest BCUT2D eigenvalue weighted by molar-refractivity contribution is 7.89. The van der Waals surface area contributed by atoms with Crippen molar-refractivity contribution in [2.24, 2.45) is 5.92 Å². The van der Waals surface area contributed by atoms with Crippen molar-refractivity contribution >= 4 is 15.9 Å². The van der Waals surface area contributed by atoms with E-state index in [4.69, 9.17) is 0 Å². The minimum Gasteiger partial charge on any atom is -0.351 e. The molecule has 1 amide bonds. The topological polar surface area (TPSA) is 88.5 Å². The molecular formula is C16H25N3O4S. The van der Waals surface area contributed by atoms with Crippen LogP contribution in [0.25, 0.3) is 0 Å². The number of aryl methyl sites for hydroxylation is 2. The number of aromatic nitrogens is 1. The van der Waals surface area contributed by atoms with Gasteiger partial charge in [0.05, 0.1) is 5.75 Å². The molecule has 1 fully saturated rings. The van der Waals surface area contributed by atoms with Crippen LogP contribution in [0.15, 0.2) is 10.9 Å². The number of carbonyl (C=O) groups excluding carboxylic acids is 1. The van der Waals surface area contributed by atoms with Crippen molar-refractivity contribution in [2.45, 2.75) is 33.2 Å². The van der Waals surface area contributed by atoms with E-state index in [1.165, 1.54) is 14.1 Å². The van der Waals surface area contributed by atoms with E-state index in [0.717, 1.165) is 22.8 Å². The summed E-state index contributed by atoms with van der Waals surface area (Å²) >= 11 is 0. The predicted octanol–water partition coefficient (Wildman–Crippen LogP) is 0.496. The molecule has 7 nitrogen and oxygen atoms in total. The maximum Gasteiger partial charge on any atom is 0.263 e. The van der Waals surface area contributed by atoms with Crippen LogP contribution in [0.1, 0.15) is 34.5 Å². The van der Waals surface area contributed by atoms with Gasteiger partial charge in [-0.25, -0.2) is 12.7 Å². The zero-order valence-corrected chi connectivity index (χ0v) is 15.4. The molecule has 1 N–H and O–H groups in total. The summed E-state index contributed by atoms with van der Waals surface area (Å²) in [4.78, 5) is 25.0. The summed E-state index contributed by atoms with van der Waals surface area (Å²) < 4.78 is 26.2. The fraction of sp³-hybridized carbons (Fsp3) is 0.625. The zero-order chi connectivity index (χ0) is 18.1. The number of sulfonamides is 1. The molecule has 0 atom stereocenters. The summed E-state index contributed by atoms with van der Waals surface area (Å²) in [6.07, 6.45) is 2.23. The smallest absolute Gasteiger partial charge is 0.263 e. The van der Waals surface area contributed by atoms with E-state index >= 15 is 0 Å². The molecule has 1 heterocycles. The minimum absolute atomic E-state index is 0.0330. The third-order valence-electron chi connectivity index (χ3n) is 4.27. The van der Waals surface area contributed by atoms with Crippen LogP contribution in [0.3, 0.4) is 0 Å². The molecule has 1 aliphatic rings. The fourth-order valence-corrected chi connectivity index (χ4v) is 3.28. The van der Waals surface area contributed by atoms with Crippen LogP contribution in [-0.4, -0.2) is 49.6 Å². The van der Waals surface area contributed by atoms with Gasteiger partial charge in [-0.3, -0.25) is 9.59 Å². The van der Waals surface area contributed by atoms with E-state index in [1.807, 2.05) is 13.0 Å². The van der Waals surface area contributed by atoms with Crippen molar-refractivity contribution in [3.05, 3.63) is 33.2 Å². The monoisotopic (exact) mass is 355 g/mol. The summed E-state index contributed by atoms with van der Waals surface area (Å²) in [5.74, 6) is -0.200. The van der Waals surface area contributed by atoms with Gasteiger partial charge >= 0.3 is 0 Å². The van der Waals surface area contributed by atoms with Crippen LogP contribution in [0.4, 0.5) is 0 Å². The van der Waals surface area contributed by atoms with Crippen LogP contribution in [0, 0.1) is 19.8 Å². The number of rotatable bonds is 7. The third-order valence-corrected chi connectivity index (χ3v) is 6.10. The molecule has 0 unspecified atom stereocenters. The summed E-state index contributed by atoms with van der Waals surface area (Å²) in [5.41, 5.74) is 1.25. The van der Waals surface area contributed by atoms with Gasteiger partial charge in [-0.05, 0) is 44.2 Å². The second-order valence-corrected chi connectivity index (χ2v) is 8.86. The molecule has 1 aromatic rings. The Morgan fingerprint density at radius 2 is 1.96 bits per heavy atom. The normalized spacial score (nSPS) is 14.9. The molecule has 2 rings (SSSR count). The number of amides is 1. The van der Waals surface area contributed by atoms with E-state index in [-0.39, 0.29) is 23.4 Å². The maximum atomic E-state index is 12.7. The Kier molecular flexibility index (Phi) is 5.49. The van der Waals surface area contributed by atoms with Crippen molar-refractivity contribution in [3.8, 4) is 0 Å². The second-order valence-electron chi connectivity index (χ2n) is 6.56. The SMILES string of the molecule is Cc1cc(C)n(CC2CC2)c(=O)c1C(=O)NCCS(=O)(=O)N(C)C. The average Bonchev–Trinajstić information content (AvgIpc) is 3.26. The molecule has 0 spiro atoms. The number of pyridine rings is 1. The number of hydrogen-bond acceptors (Lipinski definition) is 4. The van der Waals surface area contributed by atoms with E-state index in [9.17, 15) is 18.0 Å². The van der Waals surface area contributed by atoms with Crippen LogP contribution < -0.4 is 10.9 Å². The lowest BCUT2D eigenvalue weighted by atomic mass is 10.1. The van der Waals surface area contributed by atoms with E-state index < -0.39 is 15.9 Å². The lowest BCUT2D eigenvalue weighted by molar-refractivity contribution is 0.0953. The highest BCUT2D eigenvalue weighted by Gasteiger charge is 2.25. The first-order chi connectivity index (χ1) is 11.1. The van der Waals surface area contributed by atoms with Gasteiger partial charge in [0.1, 0.15) is 5.56 Å². The van der Waals surface area contributed by atoms with Gasteiger partial charge < -0.3 is 9.88 Å². The number of nitrogens with zero attached hydrogens (tertiary/aromatic N) is 2. The van der Waals surface area contributed by atoms with Crippen molar-refractivity contribution in [1.82, 2.24) is 14.2 Å². The molecule has 1 aliphatic carbocycles. The van der Waals surface area contributed by atoms with Crippen molar-refractivity contribution in [1.29, 1.82) is 0 Å². The highest BCUT2D eigenvalue weighted by atomic mass is 32.2. The Morgan fingerprint density at radius 1 is 1.33 bits per heavy atom. The summed E-state index contributed by atoms with van der Waals surface area (Å²) in [5, 5.41) is 2.55. The fourth-order valence-electron chi connectivity index (χ4n) is 2.55. The first kappa shape index (κ1) is 18.7. The van der Waals surface area contributed by atoms with Gasteiger partial charge in [0, 0.05) is 32.9 Å². The van der Waals surface area contributed by atoms with E-state index in [2.05, 4.69) is 5.32 Å². The molecule has 8 heteroatoms. The molecule has 0 radical (unpaired) electrons. The van der Waals surface area contributed by atoms with Gasteiger partial charge in [0.25, 0.3) is 11.5 Å². The van der Waals surface area contributed by atoms with Crippen LogP contribution in [0.2, 0.25) is 0 Å². The Labute approximate surface area is 142 Å². The highest BCUT2D eigenvalue weighted by Crippen LogP contribution is 2.30. The lowest BCUT2D eigenvalue weighted by Gasteiger charge is -2.15. The summed E-state index contributed by atoms with van der Waals surface area (Å²) in [6, 6.07) is 1.83. The van der Waals surface area contributed by atoms with Gasteiger partial charge in [-0.15, -0.1) is 0 Å². The summed E-state index contributed by atoms with van der Waals surface area (Å²) in [7, 11) is -0.499. The van der Waals surface area contributed by atoms with Crippen LogP contribution in [0.5, 0.6) is 0 Å². The second kappa shape index (κ2) is 7.06. The predicted molar refractivity (Wildman–Crippen MR) is 92.7 cm³/mol. The Bertz CT molecular complexity index is 792. The Morgan fingerprint density at radius 3 is 2.50 bits per heavy atom. The van der Waals surface area contributed by atoms with Crippen molar-refractivity contribution in [3.63, 3.8) is 0 Å². The minimum atomic E-state index is -3.38. The molecule has 0 saturated heterocycles. The van der Waals surface area contributed by atoms with Gasteiger partial charge in [-0.1, -0.05) is 0 Å². The number of carbonyl (C=O) groups is 1. The van der Waals surface area contributed by atoms with Gasteiger partial charge in [0.15, 0.2) is 0 Å². The molecule has 0 bridgehead atoms. The molecule has 134 valence electrons. The first-order valence-corrected chi connectivity index (χ1v) is 9.64. The van der Waals surface area contributed by atoms with E-state index in [1.54, 1.807) is 11.5 Å². The van der Waals surface area contributed by atoms with E-state index in [0.29, 0.717) is 18.0 Å². The van der Waals surface area contributed by atoms with Crippen molar-refractivity contribution in [2.75, 3.05) is 26.4 Å². The third kappa shape index (κ3) is 4.24. The molecule has 0 aromatic carbocycles. The molecule has 1 aromatic heterocycles. The molecular weight excluding hydrogens is 330 g/mol. The molecule has 0 aliphatic heterocycles. The Balaban J connectivity index is 2.15. The number of hydrogen-bond donors (Lipinski definition) is 1. The van der Waals surface area contributed by atoms with Gasteiger partial charge in [-0.2, -0.15) is 0 Å².